The third-order valence-corrected chi connectivity index (χ3v) is 5.01. The van der Waals surface area contributed by atoms with Crippen LogP contribution in [0.2, 0.25) is 0 Å². The first-order chi connectivity index (χ1) is 8.32. The van der Waals surface area contributed by atoms with Crippen LogP contribution in [0, 0.1) is 19.7 Å². The molecule has 0 N–H and O–H groups in total. The lowest BCUT2D eigenvalue weighted by Gasteiger charge is -2.08. The normalized spacial score (nSPS) is 11.8. The minimum atomic E-state index is -3.80. The van der Waals surface area contributed by atoms with Gasteiger partial charge in [-0.25, -0.2) is 16.8 Å². The Morgan fingerprint density at radius 3 is 2.50 bits per heavy atom. The largest absolute Gasteiger partial charge is 0.268 e. The highest BCUT2D eigenvalue weighted by Crippen LogP contribution is 2.23. The fraction of sp³-hybridized carbons (Fsp3) is 0.0833. The first-order valence-corrected chi connectivity index (χ1v) is 7.27. The Hall–Kier alpha value is -1.14. The van der Waals surface area contributed by atoms with Crippen LogP contribution in [0.1, 0.15) is 11.1 Å². The van der Waals surface area contributed by atoms with E-state index in [1.54, 1.807) is 13.0 Å². The van der Waals surface area contributed by atoms with Crippen molar-refractivity contribution in [3.8, 4) is 0 Å². The molecule has 0 aliphatic heterocycles. The lowest BCUT2D eigenvalue weighted by molar-refractivity contribution is 0.581. The number of benzene rings is 1. The Labute approximate surface area is 113 Å². The Bertz CT molecular complexity index is 707. The van der Waals surface area contributed by atoms with Crippen molar-refractivity contribution < 1.29 is 12.8 Å². The fourth-order valence-electron chi connectivity index (χ4n) is 1.50. The summed E-state index contributed by atoms with van der Waals surface area (Å²) < 4.78 is 39.4. The van der Waals surface area contributed by atoms with Crippen molar-refractivity contribution in [2.45, 2.75) is 11.8 Å². The second kappa shape index (κ2) is 4.51. The van der Waals surface area contributed by atoms with Gasteiger partial charge < -0.3 is 0 Å². The highest BCUT2D eigenvalue weighted by atomic mass is 79.9. The topological polar surface area (TPSA) is 39.1 Å². The van der Waals surface area contributed by atoms with E-state index >= 15 is 0 Å². The van der Waals surface area contributed by atoms with E-state index in [9.17, 15) is 12.8 Å². The average Bonchev–Trinajstić information content (AvgIpc) is 2.62. The molecule has 2 aromatic rings. The fourth-order valence-corrected chi connectivity index (χ4v) is 3.74. The number of hydrogen-bond acceptors (Lipinski definition) is 2. The van der Waals surface area contributed by atoms with E-state index in [0.717, 1.165) is 10.0 Å². The van der Waals surface area contributed by atoms with Gasteiger partial charge in [0.2, 0.25) is 0 Å². The minimum absolute atomic E-state index is 0.0955. The van der Waals surface area contributed by atoms with Crippen LogP contribution in [0.15, 0.2) is 40.0 Å². The quantitative estimate of drug-likeness (QED) is 0.848. The van der Waals surface area contributed by atoms with Crippen molar-refractivity contribution in [3.63, 3.8) is 0 Å². The van der Waals surface area contributed by atoms with Gasteiger partial charge in [-0.15, -0.1) is 0 Å². The van der Waals surface area contributed by atoms with Gasteiger partial charge in [-0.2, -0.15) is 0 Å². The maximum absolute atomic E-state index is 13.4. The molecule has 95 valence electrons. The molecule has 0 unspecified atom stereocenters. The zero-order chi connectivity index (χ0) is 13.5. The molecule has 0 fully saturated rings. The molecule has 0 amide bonds. The number of halogens is 2. The molecule has 6 heteroatoms. The highest BCUT2D eigenvalue weighted by molar-refractivity contribution is 9.10. The zero-order valence-electron chi connectivity index (χ0n) is 9.52. The van der Waals surface area contributed by atoms with Crippen LogP contribution in [-0.2, 0) is 10.0 Å². The van der Waals surface area contributed by atoms with Gasteiger partial charge in [0.25, 0.3) is 10.0 Å². The molecule has 0 spiro atoms. The summed E-state index contributed by atoms with van der Waals surface area (Å²) in [6.07, 6.45) is 1.37. The van der Waals surface area contributed by atoms with Gasteiger partial charge in [0, 0.05) is 6.20 Å². The monoisotopic (exact) mass is 330 g/mol. The second-order valence-electron chi connectivity index (χ2n) is 3.88. The van der Waals surface area contributed by atoms with Crippen molar-refractivity contribution >= 4 is 26.0 Å². The Balaban J connectivity index is 2.61. The second-order valence-corrected chi connectivity index (χ2v) is 6.51. The maximum atomic E-state index is 13.4. The lowest BCUT2D eigenvalue weighted by atomic mass is 10.2. The predicted octanol–water partition coefficient (Wildman–Crippen LogP) is 3.12. The molecule has 0 aliphatic rings. The van der Waals surface area contributed by atoms with E-state index in [1.807, 2.05) is 0 Å². The molecule has 18 heavy (non-hydrogen) atoms. The van der Waals surface area contributed by atoms with Crippen LogP contribution in [0.3, 0.4) is 0 Å². The van der Waals surface area contributed by atoms with Crippen molar-refractivity contribution in [2.24, 2.45) is 0 Å². The Morgan fingerprint density at radius 2 is 2.00 bits per heavy atom. The van der Waals surface area contributed by atoms with Crippen molar-refractivity contribution in [3.05, 3.63) is 58.9 Å². The van der Waals surface area contributed by atoms with Crippen molar-refractivity contribution in [2.75, 3.05) is 0 Å². The van der Waals surface area contributed by atoms with E-state index < -0.39 is 15.8 Å². The van der Waals surface area contributed by atoms with Crippen LogP contribution in [-0.4, -0.2) is 12.4 Å². The average molecular weight is 331 g/mol. The number of rotatable bonds is 2. The van der Waals surface area contributed by atoms with Crippen LogP contribution < -0.4 is 0 Å². The molecule has 0 saturated heterocycles. The van der Waals surface area contributed by atoms with E-state index in [4.69, 9.17) is 0 Å². The molecule has 1 heterocycles. The standard InChI is InChI=1S/C12H10BrFNO2S/c1-8-5-12(13)15(7-8)18(16,17)10-4-3-9(2)11(14)6-10/h3-7H,1H2,2H3. The van der Waals surface area contributed by atoms with Gasteiger partial charge in [-0.3, -0.25) is 0 Å². The highest BCUT2D eigenvalue weighted by Gasteiger charge is 2.20. The minimum Gasteiger partial charge on any atom is -0.235 e. The lowest BCUT2D eigenvalue weighted by Crippen LogP contribution is -2.12. The molecule has 1 radical (unpaired) electrons. The van der Waals surface area contributed by atoms with Gasteiger partial charge in [-0.1, -0.05) is 6.07 Å². The summed E-state index contributed by atoms with van der Waals surface area (Å²) in [6.45, 7) is 5.23. The molecule has 2 rings (SSSR count). The van der Waals surface area contributed by atoms with E-state index in [1.165, 1.54) is 18.3 Å². The SMILES string of the molecule is [CH2]c1cc(Br)n(S(=O)(=O)c2ccc(C)c(F)c2)c1. The van der Waals surface area contributed by atoms with Crippen LogP contribution in [0.25, 0.3) is 0 Å². The molecule has 3 nitrogen and oxygen atoms in total. The Morgan fingerprint density at radius 1 is 1.33 bits per heavy atom. The van der Waals surface area contributed by atoms with Crippen LogP contribution in [0.5, 0.6) is 0 Å². The third-order valence-electron chi connectivity index (χ3n) is 2.50. The molecule has 0 bridgehead atoms. The molecule has 1 aromatic carbocycles. The predicted molar refractivity (Wildman–Crippen MR) is 70.3 cm³/mol. The van der Waals surface area contributed by atoms with Crippen molar-refractivity contribution in [1.82, 2.24) is 3.97 Å². The van der Waals surface area contributed by atoms with Crippen LogP contribution in [0.4, 0.5) is 4.39 Å². The van der Waals surface area contributed by atoms with Gasteiger partial charge in [0.05, 0.1) is 4.90 Å². The third kappa shape index (κ3) is 2.22. The molecule has 1 aromatic heterocycles. The molecular weight excluding hydrogens is 321 g/mol. The Kier molecular flexibility index (Phi) is 3.33. The van der Waals surface area contributed by atoms with Gasteiger partial charge in [0.15, 0.2) is 0 Å². The number of aryl methyl sites for hydroxylation is 1. The summed E-state index contributed by atoms with van der Waals surface area (Å²) >= 11 is 3.13. The van der Waals surface area contributed by atoms with Crippen molar-refractivity contribution in [1.29, 1.82) is 0 Å². The molecular formula is C12H10BrFNO2S. The van der Waals surface area contributed by atoms with Gasteiger partial charge >= 0.3 is 0 Å². The summed E-state index contributed by atoms with van der Waals surface area (Å²) in [5.41, 5.74) is 0.955. The first kappa shape index (κ1) is 13.3. The number of nitrogens with zero attached hydrogens (tertiary/aromatic N) is 1. The van der Waals surface area contributed by atoms with E-state index in [0.29, 0.717) is 15.7 Å². The number of aromatic nitrogens is 1. The van der Waals surface area contributed by atoms with E-state index in [-0.39, 0.29) is 4.90 Å². The molecule has 0 saturated carbocycles. The smallest absolute Gasteiger partial charge is 0.235 e. The number of hydrogen-bond donors (Lipinski definition) is 0. The van der Waals surface area contributed by atoms with E-state index in [2.05, 4.69) is 22.9 Å². The summed E-state index contributed by atoms with van der Waals surface area (Å²) in [6, 6.07) is 5.40. The first-order valence-electron chi connectivity index (χ1n) is 5.04. The van der Waals surface area contributed by atoms with Gasteiger partial charge in [0.1, 0.15) is 10.4 Å². The maximum Gasteiger partial charge on any atom is 0.268 e. The summed E-state index contributed by atoms with van der Waals surface area (Å²) in [5, 5.41) is 0. The zero-order valence-corrected chi connectivity index (χ0v) is 11.9. The summed E-state index contributed by atoms with van der Waals surface area (Å²) in [7, 11) is -3.80. The summed E-state index contributed by atoms with van der Waals surface area (Å²) in [5.74, 6) is -0.547. The molecule has 0 atom stereocenters. The van der Waals surface area contributed by atoms with Gasteiger partial charge in [-0.05, 0) is 59.1 Å². The molecule has 0 aliphatic carbocycles. The van der Waals surface area contributed by atoms with Crippen LogP contribution >= 0.6 is 15.9 Å². The summed E-state index contributed by atoms with van der Waals surface area (Å²) in [4.78, 5) is -0.0955.